The number of rotatable bonds is 6. The van der Waals surface area contributed by atoms with Crippen LogP contribution in [0.5, 0.6) is 0 Å². The molecule has 0 aliphatic carbocycles. The van der Waals surface area contributed by atoms with Gasteiger partial charge in [0.1, 0.15) is 0 Å². The molecule has 2 aromatic heterocycles. The van der Waals surface area contributed by atoms with Gasteiger partial charge in [-0.3, -0.25) is 9.98 Å². The second-order valence-corrected chi connectivity index (χ2v) is 4.48. The maximum absolute atomic E-state index is 5.05. The van der Waals surface area contributed by atoms with Gasteiger partial charge in [0.2, 0.25) is 5.89 Å². The Morgan fingerprint density at radius 1 is 1.23 bits per heavy atom. The number of nitrogens with one attached hydrogen (secondary N) is 2. The van der Waals surface area contributed by atoms with Crippen molar-refractivity contribution in [1.29, 1.82) is 0 Å². The van der Waals surface area contributed by atoms with Crippen molar-refractivity contribution in [3.8, 4) is 0 Å². The molecule has 2 rings (SSSR count). The van der Waals surface area contributed by atoms with Gasteiger partial charge in [0.05, 0.1) is 0 Å². The summed E-state index contributed by atoms with van der Waals surface area (Å²) in [5.74, 6) is 2.04. The first kappa shape index (κ1) is 18.3. The smallest absolute Gasteiger partial charge is 0.228 e. The number of aliphatic imine (C=N–C) groups is 1. The van der Waals surface area contributed by atoms with Crippen molar-refractivity contribution in [2.75, 3.05) is 20.1 Å². The number of pyridine rings is 1. The van der Waals surface area contributed by atoms with Crippen molar-refractivity contribution in [2.45, 2.75) is 19.8 Å². The van der Waals surface area contributed by atoms with Crippen molar-refractivity contribution in [2.24, 2.45) is 4.99 Å². The molecule has 0 radical (unpaired) electrons. The lowest BCUT2D eigenvalue weighted by molar-refractivity contribution is 0.374. The zero-order valence-electron chi connectivity index (χ0n) is 12.7. The third kappa shape index (κ3) is 6.37. The number of guanidine groups is 1. The molecule has 2 aromatic rings. The summed E-state index contributed by atoms with van der Waals surface area (Å²) in [5.41, 5.74) is 1.06. The van der Waals surface area contributed by atoms with E-state index in [0.717, 1.165) is 24.6 Å². The molecule has 0 fully saturated rings. The standard InChI is InChI=1S/C14H20N6O.HI/c1-11-19-13(21-20-11)7-10-18-14(15-2)17-9-6-12-5-3-4-8-16-12;/h3-5,8H,6-7,9-10H2,1-2H3,(H2,15,17,18);1H. The summed E-state index contributed by atoms with van der Waals surface area (Å²) in [4.78, 5) is 12.6. The molecule has 0 unspecified atom stereocenters. The van der Waals surface area contributed by atoms with Crippen LogP contribution < -0.4 is 10.6 Å². The number of halogens is 1. The maximum atomic E-state index is 5.05. The van der Waals surface area contributed by atoms with Crippen molar-refractivity contribution in [3.63, 3.8) is 0 Å². The lowest BCUT2D eigenvalue weighted by Gasteiger charge is -2.10. The van der Waals surface area contributed by atoms with Gasteiger partial charge in [-0.2, -0.15) is 4.98 Å². The molecule has 0 spiro atoms. The lowest BCUT2D eigenvalue weighted by Crippen LogP contribution is -2.39. The SMILES string of the molecule is CN=C(NCCc1ccccn1)NCCc1nc(C)no1.I. The minimum atomic E-state index is 0. The quantitative estimate of drug-likeness (QED) is 0.420. The van der Waals surface area contributed by atoms with E-state index in [1.165, 1.54) is 0 Å². The third-order valence-corrected chi connectivity index (χ3v) is 2.82. The van der Waals surface area contributed by atoms with Crippen LogP contribution in [0.1, 0.15) is 17.4 Å². The zero-order chi connectivity index (χ0) is 14.9. The summed E-state index contributed by atoms with van der Waals surface area (Å²) < 4.78 is 5.05. The highest BCUT2D eigenvalue weighted by molar-refractivity contribution is 14.0. The topological polar surface area (TPSA) is 88.2 Å². The molecule has 8 heteroatoms. The molecule has 0 aliphatic rings. The van der Waals surface area contributed by atoms with Crippen LogP contribution in [0.15, 0.2) is 33.9 Å². The molecule has 0 saturated carbocycles. The molecule has 120 valence electrons. The predicted molar refractivity (Wildman–Crippen MR) is 95.5 cm³/mol. The minimum absolute atomic E-state index is 0. The molecule has 2 N–H and O–H groups in total. The summed E-state index contributed by atoms with van der Waals surface area (Å²) in [6.07, 6.45) is 3.32. The van der Waals surface area contributed by atoms with E-state index >= 15 is 0 Å². The van der Waals surface area contributed by atoms with Gasteiger partial charge in [0, 0.05) is 44.9 Å². The van der Waals surface area contributed by atoms with E-state index in [1.807, 2.05) is 18.2 Å². The average Bonchev–Trinajstić information content (AvgIpc) is 2.92. The Hall–Kier alpha value is -1.71. The first-order valence-corrected chi connectivity index (χ1v) is 6.91. The Balaban J connectivity index is 0.00000242. The fraction of sp³-hybridized carbons (Fsp3) is 0.429. The van der Waals surface area contributed by atoms with E-state index in [0.29, 0.717) is 24.7 Å². The third-order valence-electron chi connectivity index (χ3n) is 2.82. The monoisotopic (exact) mass is 416 g/mol. The number of aryl methyl sites for hydroxylation is 1. The van der Waals surface area contributed by atoms with Gasteiger partial charge in [0.25, 0.3) is 0 Å². The second-order valence-electron chi connectivity index (χ2n) is 4.48. The van der Waals surface area contributed by atoms with Gasteiger partial charge in [-0.25, -0.2) is 0 Å². The number of nitrogens with zero attached hydrogens (tertiary/aromatic N) is 4. The fourth-order valence-corrected chi connectivity index (χ4v) is 1.81. The van der Waals surface area contributed by atoms with Crippen molar-refractivity contribution in [3.05, 3.63) is 41.8 Å². The first-order chi connectivity index (χ1) is 10.3. The highest BCUT2D eigenvalue weighted by Crippen LogP contribution is 1.95. The van der Waals surface area contributed by atoms with Crippen molar-refractivity contribution >= 4 is 29.9 Å². The van der Waals surface area contributed by atoms with Gasteiger partial charge in [0.15, 0.2) is 11.8 Å². The Kier molecular flexibility index (Phi) is 8.41. The van der Waals surface area contributed by atoms with Gasteiger partial charge in [-0.1, -0.05) is 11.2 Å². The summed E-state index contributed by atoms with van der Waals surface area (Å²) >= 11 is 0. The Labute approximate surface area is 147 Å². The zero-order valence-corrected chi connectivity index (χ0v) is 15.1. The normalized spacial score (nSPS) is 10.9. The average molecular weight is 416 g/mol. The highest BCUT2D eigenvalue weighted by Gasteiger charge is 2.03. The number of aromatic nitrogens is 3. The largest absolute Gasteiger partial charge is 0.356 e. The van der Waals surface area contributed by atoms with E-state index in [-0.39, 0.29) is 24.0 Å². The van der Waals surface area contributed by atoms with Gasteiger partial charge >= 0.3 is 0 Å². The van der Waals surface area contributed by atoms with E-state index in [1.54, 1.807) is 20.2 Å². The first-order valence-electron chi connectivity index (χ1n) is 6.91. The molecule has 0 aliphatic heterocycles. The van der Waals surface area contributed by atoms with Crippen molar-refractivity contribution < 1.29 is 4.52 Å². The predicted octanol–water partition coefficient (Wildman–Crippen LogP) is 1.34. The van der Waals surface area contributed by atoms with Crippen LogP contribution in [0.3, 0.4) is 0 Å². The molecule has 0 aromatic carbocycles. The van der Waals surface area contributed by atoms with E-state index in [9.17, 15) is 0 Å². The van der Waals surface area contributed by atoms with E-state index in [2.05, 4.69) is 30.8 Å². The summed E-state index contributed by atoms with van der Waals surface area (Å²) in [6, 6.07) is 5.91. The van der Waals surface area contributed by atoms with Crippen molar-refractivity contribution in [1.82, 2.24) is 25.8 Å². The maximum Gasteiger partial charge on any atom is 0.228 e. The molecule has 0 saturated heterocycles. The fourth-order valence-electron chi connectivity index (χ4n) is 1.81. The van der Waals surface area contributed by atoms with Gasteiger partial charge in [-0.05, 0) is 19.1 Å². The molecule has 2 heterocycles. The summed E-state index contributed by atoms with van der Waals surface area (Å²) in [7, 11) is 1.74. The van der Waals surface area contributed by atoms with Crippen LogP contribution in [-0.4, -0.2) is 41.2 Å². The molecular weight excluding hydrogens is 395 g/mol. The number of hydrogen-bond donors (Lipinski definition) is 2. The van der Waals surface area contributed by atoms with Crippen LogP contribution in [0, 0.1) is 6.92 Å². The molecule has 0 bridgehead atoms. The van der Waals surface area contributed by atoms with E-state index in [4.69, 9.17) is 4.52 Å². The van der Waals surface area contributed by atoms with Crippen LogP contribution in [-0.2, 0) is 12.8 Å². The molecule has 22 heavy (non-hydrogen) atoms. The van der Waals surface area contributed by atoms with Crippen LogP contribution in [0.4, 0.5) is 0 Å². The summed E-state index contributed by atoms with van der Waals surface area (Å²) in [6.45, 7) is 3.26. The highest BCUT2D eigenvalue weighted by atomic mass is 127. The molecule has 7 nitrogen and oxygen atoms in total. The van der Waals surface area contributed by atoms with Crippen LogP contribution >= 0.6 is 24.0 Å². The van der Waals surface area contributed by atoms with Gasteiger partial charge < -0.3 is 15.2 Å². The Morgan fingerprint density at radius 2 is 2.00 bits per heavy atom. The lowest BCUT2D eigenvalue weighted by atomic mass is 10.3. The van der Waals surface area contributed by atoms with Gasteiger partial charge in [-0.15, -0.1) is 24.0 Å². The second kappa shape index (κ2) is 10.1. The van der Waals surface area contributed by atoms with E-state index < -0.39 is 0 Å². The molecule has 0 amide bonds. The Morgan fingerprint density at radius 3 is 2.59 bits per heavy atom. The molecular formula is C14H21IN6O. The molecule has 0 atom stereocenters. The summed E-state index contributed by atoms with van der Waals surface area (Å²) in [5, 5.41) is 10.2. The minimum Gasteiger partial charge on any atom is -0.356 e. The number of hydrogen-bond acceptors (Lipinski definition) is 5. The Bertz CT molecular complexity index is 572. The van der Waals surface area contributed by atoms with Crippen LogP contribution in [0.25, 0.3) is 0 Å². The van der Waals surface area contributed by atoms with Crippen LogP contribution in [0.2, 0.25) is 0 Å².